The number of halogens is 3. The van der Waals surface area contributed by atoms with E-state index in [0.29, 0.717) is 16.7 Å². The summed E-state index contributed by atoms with van der Waals surface area (Å²) in [7, 11) is 0. The number of aliphatic hydroxyl groups excluding tert-OH is 1. The molecule has 1 aromatic carbocycles. The lowest BCUT2D eigenvalue weighted by atomic mass is 9.89. The van der Waals surface area contributed by atoms with Gasteiger partial charge in [0.15, 0.2) is 0 Å². The zero-order valence-electron chi connectivity index (χ0n) is 12.3. The average Bonchev–Trinajstić information content (AvgIpc) is 2.50. The highest BCUT2D eigenvalue weighted by atomic mass is 19.4. The molecule has 120 valence electrons. The minimum absolute atomic E-state index is 0.555. The van der Waals surface area contributed by atoms with E-state index in [9.17, 15) is 18.3 Å². The van der Waals surface area contributed by atoms with Crippen LogP contribution in [-0.4, -0.2) is 10.1 Å². The number of aromatic nitrogens is 1. The van der Waals surface area contributed by atoms with E-state index in [1.54, 1.807) is 24.3 Å². The van der Waals surface area contributed by atoms with Gasteiger partial charge in [-0.05, 0) is 36.5 Å². The van der Waals surface area contributed by atoms with E-state index in [0.717, 1.165) is 25.3 Å². The molecule has 1 aliphatic rings. The van der Waals surface area contributed by atoms with E-state index in [1.807, 2.05) is 6.08 Å². The molecule has 1 aromatic heterocycles. The molecule has 1 atom stereocenters. The Hall–Kier alpha value is -2.14. The van der Waals surface area contributed by atoms with Gasteiger partial charge >= 0.3 is 6.18 Å². The van der Waals surface area contributed by atoms with Crippen molar-refractivity contribution >= 4 is 0 Å². The minimum atomic E-state index is -4.45. The second-order valence-corrected chi connectivity index (χ2v) is 5.64. The Balaban J connectivity index is 1.94. The molecule has 0 amide bonds. The quantitative estimate of drug-likeness (QED) is 0.815. The highest BCUT2D eigenvalue weighted by Crippen LogP contribution is 2.34. The van der Waals surface area contributed by atoms with Crippen LogP contribution in [0.1, 0.15) is 36.6 Å². The Morgan fingerprint density at radius 1 is 1.09 bits per heavy atom. The molecule has 0 bridgehead atoms. The van der Waals surface area contributed by atoms with E-state index in [2.05, 4.69) is 4.98 Å². The van der Waals surface area contributed by atoms with Gasteiger partial charge in [-0.3, -0.25) is 4.98 Å². The first-order valence-corrected chi connectivity index (χ1v) is 7.45. The van der Waals surface area contributed by atoms with Crippen LogP contribution in [0.4, 0.5) is 13.2 Å². The van der Waals surface area contributed by atoms with Crippen LogP contribution < -0.4 is 0 Å². The number of rotatable bonds is 3. The Morgan fingerprint density at radius 3 is 2.39 bits per heavy atom. The number of benzene rings is 1. The fraction of sp³-hybridized carbons (Fsp3) is 0.278. The third-order valence-electron chi connectivity index (χ3n) is 4.03. The summed E-state index contributed by atoms with van der Waals surface area (Å²) in [5.74, 6) is 0. The Kier molecular flexibility index (Phi) is 4.22. The minimum Gasteiger partial charge on any atom is -0.384 e. The Bertz CT molecular complexity index is 714. The maximum Gasteiger partial charge on any atom is 0.433 e. The number of hydrogen-bond donors (Lipinski definition) is 1. The Morgan fingerprint density at radius 2 is 1.83 bits per heavy atom. The van der Waals surface area contributed by atoms with Crippen LogP contribution in [0, 0.1) is 0 Å². The van der Waals surface area contributed by atoms with Crippen molar-refractivity contribution in [2.45, 2.75) is 31.5 Å². The highest BCUT2D eigenvalue weighted by Gasteiger charge is 2.32. The van der Waals surface area contributed by atoms with Crippen LogP contribution >= 0.6 is 0 Å². The van der Waals surface area contributed by atoms with Gasteiger partial charge in [-0.1, -0.05) is 42.0 Å². The predicted octanol–water partition coefficient (Wildman–Crippen LogP) is 4.91. The molecule has 0 saturated heterocycles. The lowest BCUT2D eigenvalue weighted by Gasteiger charge is -2.19. The van der Waals surface area contributed by atoms with Crippen LogP contribution in [0.3, 0.4) is 0 Å². The Labute approximate surface area is 132 Å². The lowest BCUT2D eigenvalue weighted by Crippen LogP contribution is -2.07. The molecule has 3 rings (SSSR count). The van der Waals surface area contributed by atoms with Crippen molar-refractivity contribution in [1.29, 1.82) is 0 Å². The van der Waals surface area contributed by atoms with Gasteiger partial charge in [0.05, 0.1) is 6.10 Å². The molecule has 2 aromatic rings. The maximum absolute atomic E-state index is 12.6. The van der Waals surface area contributed by atoms with Crippen LogP contribution in [0.2, 0.25) is 0 Å². The summed E-state index contributed by atoms with van der Waals surface area (Å²) >= 11 is 0. The molecule has 1 heterocycles. The van der Waals surface area contributed by atoms with Gasteiger partial charge in [-0.15, -0.1) is 0 Å². The summed E-state index contributed by atoms with van der Waals surface area (Å²) in [5, 5.41) is 10.4. The predicted molar refractivity (Wildman–Crippen MR) is 81.6 cm³/mol. The third-order valence-corrected chi connectivity index (χ3v) is 4.03. The van der Waals surface area contributed by atoms with Crippen molar-refractivity contribution in [3.8, 4) is 11.1 Å². The number of nitrogens with zero attached hydrogens (tertiary/aromatic N) is 1. The number of hydrogen-bond acceptors (Lipinski definition) is 2. The van der Waals surface area contributed by atoms with Crippen molar-refractivity contribution in [3.63, 3.8) is 0 Å². The molecule has 23 heavy (non-hydrogen) atoms. The van der Waals surface area contributed by atoms with Gasteiger partial charge in [0, 0.05) is 11.8 Å². The van der Waals surface area contributed by atoms with Gasteiger partial charge in [-0.2, -0.15) is 13.2 Å². The van der Waals surface area contributed by atoms with Crippen LogP contribution in [0.25, 0.3) is 11.1 Å². The molecule has 0 radical (unpaired) electrons. The fourth-order valence-corrected chi connectivity index (χ4v) is 2.60. The van der Waals surface area contributed by atoms with E-state index in [4.69, 9.17) is 0 Å². The molecular formula is C18H16F3NO. The highest BCUT2D eigenvalue weighted by molar-refractivity contribution is 5.67. The van der Waals surface area contributed by atoms with Crippen molar-refractivity contribution in [3.05, 3.63) is 65.5 Å². The first-order chi connectivity index (χ1) is 10.9. The normalized spacial score (nSPS) is 15.9. The van der Waals surface area contributed by atoms with Gasteiger partial charge in [0.25, 0.3) is 0 Å². The van der Waals surface area contributed by atoms with Gasteiger partial charge in [-0.25, -0.2) is 0 Å². The van der Waals surface area contributed by atoms with Crippen molar-refractivity contribution in [2.75, 3.05) is 0 Å². The van der Waals surface area contributed by atoms with Gasteiger partial charge in [0.1, 0.15) is 5.69 Å². The van der Waals surface area contributed by atoms with Crippen molar-refractivity contribution in [2.24, 2.45) is 0 Å². The van der Waals surface area contributed by atoms with Gasteiger partial charge < -0.3 is 5.11 Å². The number of pyridine rings is 1. The molecule has 1 N–H and O–H groups in total. The number of aliphatic hydroxyl groups is 1. The molecule has 1 saturated carbocycles. The second-order valence-electron chi connectivity index (χ2n) is 5.64. The maximum atomic E-state index is 12.6. The average molecular weight is 319 g/mol. The monoisotopic (exact) mass is 319 g/mol. The molecular weight excluding hydrogens is 303 g/mol. The van der Waals surface area contributed by atoms with E-state index in [-0.39, 0.29) is 0 Å². The first kappa shape index (κ1) is 15.7. The summed E-state index contributed by atoms with van der Waals surface area (Å²) in [5.41, 5.74) is 2.22. The van der Waals surface area contributed by atoms with Crippen molar-refractivity contribution < 1.29 is 18.3 Å². The van der Waals surface area contributed by atoms with Crippen LogP contribution in [0.5, 0.6) is 0 Å². The second kappa shape index (κ2) is 6.16. The molecule has 1 fully saturated rings. The largest absolute Gasteiger partial charge is 0.433 e. The summed E-state index contributed by atoms with van der Waals surface area (Å²) in [4.78, 5) is 3.49. The first-order valence-electron chi connectivity index (χ1n) is 7.45. The summed E-state index contributed by atoms with van der Waals surface area (Å²) < 4.78 is 37.8. The molecule has 1 aliphatic carbocycles. The smallest absolute Gasteiger partial charge is 0.384 e. The molecule has 0 aliphatic heterocycles. The van der Waals surface area contributed by atoms with E-state index in [1.165, 1.54) is 17.8 Å². The zero-order chi connectivity index (χ0) is 16.4. The van der Waals surface area contributed by atoms with E-state index >= 15 is 0 Å². The summed E-state index contributed by atoms with van der Waals surface area (Å²) in [6.07, 6.45) is 0.964. The summed E-state index contributed by atoms with van der Waals surface area (Å²) in [6, 6.07) is 9.51. The van der Waals surface area contributed by atoms with Crippen LogP contribution in [-0.2, 0) is 6.18 Å². The third kappa shape index (κ3) is 3.45. The lowest BCUT2D eigenvalue weighted by molar-refractivity contribution is -0.141. The topological polar surface area (TPSA) is 33.1 Å². The fourth-order valence-electron chi connectivity index (χ4n) is 2.60. The summed E-state index contributed by atoms with van der Waals surface area (Å²) in [6.45, 7) is 0. The van der Waals surface area contributed by atoms with E-state index < -0.39 is 18.0 Å². The van der Waals surface area contributed by atoms with Crippen LogP contribution in [0.15, 0.2) is 54.2 Å². The standard InChI is InChI=1S/C18H16F3NO/c19-18(20,21)17-9-8-13(11-22-17)14-6-1-2-7-15(14)16(23)10-12-4-3-5-12/h1-2,6-11,16,23H,3-5H2. The number of allylic oxidation sites excluding steroid dienone is 1. The van der Waals surface area contributed by atoms with Gasteiger partial charge in [0.2, 0.25) is 0 Å². The zero-order valence-corrected chi connectivity index (χ0v) is 12.3. The molecule has 0 spiro atoms. The molecule has 2 nitrogen and oxygen atoms in total. The van der Waals surface area contributed by atoms with Crippen molar-refractivity contribution in [1.82, 2.24) is 4.98 Å². The molecule has 5 heteroatoms. The number of alkyl halides is 3. The SMILES string of the molecule is OC(C=C1CCC1)c1ccccc1-c1ccc(C(F)(F)F)nc1. The molecule has 1 unspecified atom stereocenters.